The molecule has 33 heavy (non-hydrogen) atoms. The highest BCUT2D eigenvalue weighted by molar-refractivity contribution is 7.93. The van der Waals surface area contributed by atoms with Crippen LogP contribution in [0.5, 0.6) is 0 Å². The molecular weight excluding hydrogens is 436 g/mol. The van der Waals surface area contributed by atoms with Crippen LogP contribution in [0.2, 0.25) is 0 Å². The summed E-state index contributed by atoms with van der Waals surface area (Å²) in [5, 5.41) is 9.62. The van der Waals surface area contributed by atoms with Gasteiger partial charge in [0.1, 0.15) is 6.54 Å². The van der Waals surface area contributed by atoms with E-state index in [1.807, 2.05) is 43.3 Å². The van der Waals surface area contributed by atoms with Gasteiger partial charge in [-0.05, 0) is 56.0 Å². The van der Waals surface area contributed by atoms with Gasteiger partial charge in [0.15, 0.2) is 0 Å². The average molecular weight is 465 g/mol. The van der Waals surface area contributed by atoms with Crippen molar-refractivity contribution < 1.29 is 18.3 Å². The Kier molecular flexibility index (Phi) is 6.17. The summed E-state index contributed by atoms with van der Waals surface area (Å²) in [5.41, 5.74) is 5.59. The summed E-state index contributed by atoms with van der Waals surface area (Å²) < 4.78 is 28.7. The molecule has 0 bridgehead atoms. The van der Waals surface area contributed by atoms with Gasteiger partial charge < -0.3 is 10.0 Å². The number of carboxylic acids is 1. The number of benzene rings is 3. The first-order chi connectivity index (χ1) is 15.7. The summed E-state index contributed by atoms with van der Waals surface area (Å²) in [6, 6.07) is 19.2. The van der Waals surface area contributed by atoms with Gasteiger partial charge in [0.05, 0.1) is 10.6 Å². The van der Waals surface area contributed by atoms with Gasteiger partial charge in [0.25, 0.3) is 10.0 Å². The minimum Gasteiger partial charge on any atom is -0.480 e. The maximum atomic E-state index is 13.8. The predicted molar refractivity (Wildman–Crippen MR) is 130 cm³/mol. The van der Waals surface area contributed by atoms with Crippen molar-refractivity contribution in [3.8, 4) is 0 Å². The number of carboxylic acid groups (broad SMARTS) is 1. The number of anilines is 2. The molecule has 0 saturated carbocycles. The highest BCUT2D eigenvalue weighted by Crippen LogP contribution is 2.39. The molecule has 4 rings (SSSR count). The fourth-order valence-electron chi connectivity index (χ4n) is 4.79. The molecule has 0 radical (unpaired) electrons. The van der Waals surface area contributed by atoms with Crippen LogP contribution in [0.3, 0.4) is 0 Å². The Morgan fingerprint density at radius 2 is 1.67 bits per heavy atom. The van der Waals surface area contributed by atoms with Crippen molar-refractivity contribution in [2.45, 2.75) is 38.6 Å². The molecule has 0 saturated heterocycles. The molecule has 6 nitrogen and oxygen atoms in total. The lowest BCUT2D eigenvalue weighted by molar-refractivity contribution is -0.135. The second kappa shape index (κ2) is 8.90. The van der Waals surface area contributed by atoms with E-state index in [1.54, 1.807) is 26.0 Å². The highest BCUT2D eigenvalue weighted by Gasteiger charge is 2.33. The molecule has 7 heteroatoms. The van der Waals surface area contributed by atoms with E-state index < -0.39 is 22.5 Å². The molecule has 0 aromatic heterocycles. The average Bonchev–Trinajstić information content (AvgIpc) is 3.14. The van der Waals surface area contributed by atoms with Crippen LogP contribution < -0.4 is 9.21 Å². The van der Waals surface area contributed by atoms with Gasteiger partial charge in [0, 0.05) is 24.3 Å². The van der Waals surface area contributed by atoms with Crippen molar-refractivity contribution in [2.24, 2.45) is 0 Å². The Bertz CT molecular complexity index is 1280. The maximum Gasteiger partial charge on any atom is 0.324 e. The lowest BCUT2D eigenvalue weighted by atomic mass is 10.1. The predicted octanol–water partition coefficient (Wildman–Crippen LogP) is 4.45. The molecule has 0 fully saturated rings. The van der Waals surface area contributed by atoms with E-state index in [-0.39, 0.29) is 4.90 Å². The van der Waals surface area contributed by atoms with Crippen LogP contribution in [0.15, 0.2) is 65.6 Å². The van der Waals surface area contributed by atoms with Crippen LogP contribution in [0.4, 0.5) is 11.4 Å². The van der Waals surface area contributed by atoms with E-state index >= 15 is 0 Å². The van der Waals surface area contributed by atoms with Crippen LogP contribution in [0, 0.1) is 20.8 Å². The number of carbonyl (C=O) groups is 1. The van der Waals surface area contributed by atoms with Gasteiger partial charge in [-0.3, -0.25) is 9.10 Å². The molecule has 1 aliphatic rings. The summed E-state index contributed by atoms with van der Waals surface area (Å²) in [6.45, 7) is 6.23. The fourth-order valence-corrected chi connectivity index (χ4v) is 6.65. The van der Waals surface area contributed by atoms with Crippen molar-refractivity contribution >= 4 is 27.4 Å². The minimum atomic E-state index is -4.09. The Balaban J connectivity index is 1.79. The van der Waals surface area contributed by atoms with Gasteiger partial charge in [-0.1, -0.05) is 54.1 Å². The van der Waals surface area contributed by atoms with Crippen molar-refractivity contribution in [3.05, 3.63) is 88.5 Å². The lowest BCUT2D eigenvalue weighted by Crippen LogP contribution is -2.37. The van der Waals surface area contributed by atoms with Crippen molar-refractivity contribution in [1.82, 2.24) is 0 Å². The Labute approximate surface area is 195 Å². The zero-order valence-corrected chi connectivity index (χ0v) is 19.9. The number of aliphatic carboxylic acids is 1. The summed E-state index contributed by atoms with van der Waals surface area (Å²) in [6.07, 6.45) is 0.649. The van der Waals surface area contributed by atoms with Crippen LogP contribution in [0.1, 0.15) is 27.8 Å². The first-order valence-electron chi connectivity index (χ1n) is 10.9. The van der Waals surface area contributed by atoms with Gasteiger partial charge in [-0.2, -0.15) is 0 Å². The first-order valence-corrected chi connectivity index (χ1v) is 12.4. The molecule has 0 spiro atoms. The zero-order chi connectivity index (χ0) is 23.8. The van der Waals surface area contributed by atoms with Crippen molar-refractivity contribution in [3.63, 3.8) is 0 Å². The molecule has 0 atom stereocenters. The highest BCUT2D eigenvalue weighted by atomic mass is 32.2. The van der Waals surface area contributed by atoms with E-state index in [0.29, 0.717) is 29.8 Å². The standard InChI is InChI=1S/C26H28N2O4S/c1-18-14-19(2)26(20(3)15-18)33(31,32)28(17-25(29)30)24-11-7-10-23-22(24)12-13-27(23)16-21-8-5-4-6-9-21/h4-11,14-15H,12-13,16-17H2,1-3H3,(H,29,30). The maximum absolute atomic E-state index is 13.8. The number of aryl methyl sites for hydroxylation is 3. The molecule has 3 aromatic carbocycles. The lowest BCUT2D eigenvalue weighted by Gasteiger charge is -2.27. The summed E-state index contributed by atoms with van der Waals surface area (Å²) in [4.78, 5) is 14.2. The topological polar surface area (TPSA) is 77.9 Å². The Morgan fingerprint density at radius 3 is 2.30 bits per heavy atom. The second-order valence-corrected chi connectivity index (χ2v) is 10.4. The van der Waals surface area contributed by atoms with E-state index in [9.17, 15) is 18.3 Å². The monoisotopic (exact) mass is 464 g/mol. The molecule has 3 aromatic rings. The van der Waals surface area contributed by atoms with Gasteiger partial charge >= 0.3 is 5.97 Å². The Hall–Kier alpha value is -3.32. The van der Waals surface area contributed by atoms with E-state index in [2.05, 4.69) is 17.0 Å². The fraction of sp³-hybridized carbons (Fsp3) is 0.269. The number of hydrogen-bond donors (Lipinski definition) is 1. The minimum absolute atomic E-state index is 0.172. The van der Waals surface area contributed by atoms with E-state index in [4.69, 9.17) is 0 Å². The third kappa shape index (κ3) is 4.46. The SMILES string of the molecule is Cc1cc(C)c(S(=O)(=O)N(CC(=O)O)c2cccc3c2CCN3Cc2ccccc2)c(C)c1. The van der Waals surface area contributed by atoms with Gasteiger partial charge in [0.2, 0.25) is 0 Å². The van der Waals surface area contributed by atoms with Crippen LogP contribution in [-0.4, -0.2) is 32.6 Å². The zero-order valence-electron chi connectivity index (χ0n) is 19.1. The Morgan fingerprint density at radius 1 is 1.00 bits per heavy atom. The molecule has 0 amide bonds. The smallest absolute Gasteiger partial charge is 0.324 e. The number of rotatable bonds is 7. The third-order valence-corrected chi connectivity index (χ3v) is 8.08. The normalized spacial score (nSPS) is 13.1. The molecule has 0 aliphatic carbocycles. The number of sulfonamides is 1. The molecule has 0 unspecified atom stereocenters. The van der Waals surface area contributed by atoms with Crippen molar-refractivity contribution in [2.75, 3.05) is 22.3 Å². The van der Waals surface area contributed by atoms with Crippen LogP contribution >= 0.6 is 0 Å². The quantitative estimate of drug-likeness (QED) is 0.559. The molecule has 172 valence electrons. The number of fused-ring (bicyclic) bond motifs is 1. The van der Waals surface area contributed by atoms with Gasteiger partial charge in [-0.15, -0.1) is 0 Å². The number of nitrogens with zero attached hydrogens (tertiary/aromatic N) is 2. The number of hydrogen-bond acceptors (Lipinski definition) is 4. The van der Waals surface area contributed by atoms with Crippen molar-refractivity contribution in [1.29, 1.82) is 0 Å². The summed E-state index contributed by atoms with van der Waals surface area (Å²) in [7, 11) is -4.09. The first kappa shape index (κ1) is 22.9. The summed E-state index contributed by atoms with van der Waals surface area (Å²) >= 11 is 0. The van der Waals surface area contributed by atoms with Gasteiger partial charge in [-0.25, -0.2) is 8.42 Å². The van der Waals surface area contributed by atoms with E-state index in [1.165, 1.54) is 0 Å². The largest absolute Gasteiger partial charge is 0.480 e. The third-order valence-electron chi connectivity index (χ3n) is 6.02. The molecule has 1 heterocycles. The molecular formula is C26H28N2O4S. The molecule has 1 N–H and O–H groups in total. The summed E-state index contributed by atoms with van der Waals surface area (Å²) in [5.74, 6) is -1.20. The molecule has 1 aliphatic heterocycles. The second-order valence-electron chi connectivity index (χ2n) is 8.57. The van der Waals surface area contributed by atoms with Crippen LogP contribution in [0.25, 0.3) is 0 Å². The van der Waals surface area contributed by atoms with Crippen LogP contribution in [-0.2, 0) is 27.8 Å². The van der Waals surface area contributed by atoms with E-state index in [0.717, 1.165) is 33.2 Å².